The molecule has 0 spiro atoms. The summed E-state index contributed by atoms with van der Waals surface area (Å²) in [5, 5.41) is 14.8. The van der Waals surface area contributed by atoms with Gasteiger partial charge in [0.15, 0.2) is 0 Å². The van der Waals surface area contributed by atoms with Crippen molar-refractivity contribution >= 4 is 17.7 Å². The molecule has 0 fully saturated rings. The van der Waals surface area contributed by atoms with Crippen LogP contribution in [0.2, 0.25) is 0 Å². The van der Waals surface area contributed by atoms with Crippen LogP contribution in [-0.4, -0.2) is 51.1 Å². The first-order valence-electron chi connectivity index (χ1n) is 5.44. The number of hydrogen-bond donors (Lipinski definition) is 1. The molecule has 1 atom stereocenters. The van der Waals surface area contributed by atoms with Crippen molar-refractivity contribution in [2.45, 2.75) is 25.0 Å². The predicted molar refractivity (Wildman–Crippen MR) is 63.6 cm³/mol. The van der Waals surface area contributed by atoms with Crippen LogP contribution in [0.4, 0.5) is 0 Å². The Hall–Kier alpha value is -1.15. The van der Waals surface area contributed by atoms with Crippen molar-refractivity contribution < 1.29 is 9.53 Å². The number of thioether (sulfide) groups is 1. The Bertz CT molecular complexity index is 357. The average molecular weight is 259 g/mol. The maximum absolute atomic E-state index is 11.6. The molecule has 1 heterocycles. The fourth-order valence-electron chi connectivity index (χ4n) is 1.20. The second-order valence-electron chi connectivity index (χ2n) is 3.26. The maximum Gasteiger partial charge on any atom is 0.323 e. The van der Waals surface area contributed by atoms with E-state index in [0.29, 0.717) is 24.1 Å². The minimum atomic E-state index is -0.332. The van der Waals surface area contributed by atoms with E-state index in [9.17, 15) is 4.79 Å². The van der Waals surface area contributed by atoms with Crippen LogP contribution in [-0.2, 0) is 16.6 Å². The van der Waals surface area contributed by atoms with E-state index in [4.69, 9.17) is 4.74 Å². The highest BCUT2D eigenvalue weighted by molar-refractivity contribution is 7.99. The molecule has 0 bridgehead atoms. The van der Waals surface area contributed by atoms with Crippen LogP contribution in [0.25, 0.3) is 0 Å². The summed E-state index contributed by atoms with van der Waals surface area (Å²) in [6.45, 7) is 4.83. The number of nitrogens with zero attached hydrogens (tertiary/aromatic N) is 4. The summed E-state index contributed by atoms with van der Waals surface area (Å²) in [4.78, 5) is 11.6. The molecule has 1 N–H and O–H groups in total. The molecule has 0 aliphatic carbocycles. The second-order valence-corrected chi connectivity index (χ2v) is 4.25. The monoisotopic (exact) mass is 259 g/mol. The molecule has 17 heavy (non-hydrogen) atoms. The fourth-order valence-corrected chi connectivity index (χ4v) is 2.09. The lowest BCUT2D eigenvalue weighted by Crippen LogP contribution is -2.40. The number of aryl methyl sites for hydroxylation is 1. The van der Waals surface area contributed by atoms with Crippen molar-refractivity contribution in [2.75, 3.05) is 18.9 Å². The number of likely N-dealkylation sites (N-methyl/N-ethyl adjacent to an activating group) is 1. The van der Waals surface area contributed by atoms with Gasteiger partial charge in [0.2, 0.25) is 5.16 Å². The third kappa shape index (κ3) is 4.31. The highest BCUT2D eigenvalue weighted by atomic mass is 32.2. The van der Waals surface area contributed by atoms with Crippen LogP contribution < -0.4 is 5.32 Å². The highest BCUT2D eigenvalue weighted by Gasteiger charge is 2.19. The van der Waals surface area contributed by atoms with Crippen molar-refractivity contribution in [3.05, 3.63) is 0 Å². The summed E-state index contributed by atoms with van der Waals surface area (Å²) in [7, 11) is 1.76. The minimum absolute atomic E-state index is 0.239. The first-order valence-corrected chi connectivity index (χ1v) is 6.42. The van der Waals surface area contributed by atoms with Crippen molar-refractivity contribution in [1.82, 2.24) is 25.5 Å². The van der Waals surface area contributed by atoms with E-state index in [1.54, 1.807) is 18.7 Å². The van der Waals surface area contributed by atoms with Crippen LogP contribution in [0.3, 0.4) is 0 Å². The zero-order chi connectivity index (χ0) is 12.7. The van der Waals surface area contributed by atoms with Gasteiger partial charge in [0.25, 0.3) is 0 Å². The lowest BCUT2D eigenvalue weighted by atomic mass is 10.3. The molecule has 7 nitrogen and oxygen atoms in total. The molecule has 1 rings (SSSR count). The van der Waals surface area contributed by atoms with Gasteiger partial charge < -0.3 is 10.1 Å². The number of aromatic nitrogens is 4. The van der Waals surface area contributed by atoms with Crippen LogP contribution in [0.5, 0.6) is 0 Å². The van der Waals surface area contributed by atoms with Crippen molar-refractivity contribution in [2.24, 2.45) is 7.05 Å². The first-order chi connectivity index (χ1) is 8.19. The maximum atomic E-state index is 11.6. The van der Waals surface area contributed by atoms with E-state index in [-0.39, 0.29) is 12.0 Å². The van der Waals surface area contributed by atoms with Crippen LogP contribution in [0.15, 0.2) is 5.16 Å². The molecular weight excluding hydrogens is 242 g/mol. The number of hydrogen-bond acceptors (Lipinski definition) is 7. The number of esters is 1. The van der Waals surface area contributed by atoms with Gasteiger partial charge in [0.1, 0.15) is 6.04 Å². The SMILES string of the molecule is CCNC(CSc1nnnn1C)C(=O)OCC. The molecule has 1 aromatic heterocycles. The third-order valence-electron chi connectivity index (χ3n) is 1.98. The second kappa shape index (κ2) is 7.23. The molecule has 96 valence electrons. The third-order valence-corrected chi connectivity index (χ3v) is 3.09. The smallest absolute Gasteiger partial charge is 0.323 e. The van der Waals surface area contributed by atoms with Gasteiger partial charge in [-0.2, -0.15) is 0 Å². The van der Waals surface area contributed by atoms with Gasteiger partial charge >= 0.3 is 5.97 Å². The minimum Gasteiger partial charge on any atom is -0.465 e. The Morgan fingerprint density at radius 2 is 2.35 bits per heavy atom. The van der Waals surface area contributed by atoms with Gasteiger partial charge in [-0.25, -0.2) is 4.68 Å². The van der Waals surface area contributed by atoms with E-state index < -0.39 is 0 Å². The average Bonchev–Trinajstić information content (AvgIpc) is 2.70. The Balaban J connectivity index is 2.49. The number of rotatable bonds is 7. The normalized spacial score (nSPS) is 12.4. The van der Waals surface area contributed by atoms with Crippen LogP contribution >= 0.6 is 11.8 Å². The van der Waals surface area contributed by atoms with E-state index in [1.165, 1.54) is 11.8 Å². The number of tetrazole rings is 1. The van der Waals surface area contributed by atoms with E-state index in [1.807, 2.05) is 6.92 Å². The number of carbonyl (C=O) groups excluding carboxylic acids is 1. The van der Waals surface area contributed by atoms with Gasteiger partial charge in [-0.05, 0) is 23.9 Å². The predicted octanol–water partition coefficient (Wildman–Crippen LogP) is -0.157. The lowest BCUT2D eigenvalue weighted by molar-refractivity contribution is -0.144. The van der Waals surface area contributed by atoms with Crippen molar-refractivity contribution in [1.29, 1.82) is 0 Å². The fraction of sp³-hybridized carbons (Fsp3) is 0.778. The molecule has 1 aromatic rings. The van der Waals surface area contributed by atoms with Gasteiger partial charge in [-0.3, -0.25) is 4.79 Å². The molecular formula is C9H17N5O2S. The molecule has 8 heteroatoms. The number of nitrogens with one attached hydrogen (secondary N) is 1. The van der Waals surface area contributed by atoms with Crippen LogP contribution in [0.1, 0.15) is 13.8 Å². The zero-order valence-electron chi connectivity index (χ0n) is 10.2. The van der Waals surface area contributed by atoms with Crippen LogP contribution in [0, 0.1) is 0 Å². The summed E-state index contributed by atoms with van der Waals surface area (Å²) in [5.41, 5.74) is 0. The first kappa shape index (κ1) is 13.9. The molecule has 0 aromatic carbocycles. The molecule has 0 amide bonds. The molecule has 0 aliphatic rings. The molecule has 0 aliphatic heterocycles. The Morgan fingerprint density at radius 1 is 1.59 bits per heavy atom. The highest BCUT2D eigenvalue weighted by Crippen LogP contribution is 2.14. The van der Waals surface area contributed by atoms with E-state index in [0.717, 1.165) is 0 Å². The molecule has 0 radical (unpaired) electrons. The van der Waals surface area contributed by atoms with Gasteiger partial charge in [0.05, 0.1) is 6.61 Å². The molecule has 0 saturated heterocycles. The number of ether oxygens (including phenoxy) is 1. The van der Waals surface area contributed by atoms with Gasteiger partial charge in [-0.1, -0.05) is 18.7 Å². The molecule has 1 unspecified atom stereocenters. The molecule has 0 saturated carbocycles. The number of carbonyl (C=O) groups is 1. The van der Waals surface area contributed by atoms with Gasteiger partial charge in [-0.15, -0.1) is 5.10 Å². The lowest BCUT2D eigenvalue weighted by Gasteiger charge is -2.15. The summed E-state index contributed by atoms with van der Waals surface area (Å²) in [6, 6.07) is -0.332. The summed E-state index contributed by atoms with van der Waals surface area (Å²) in [6.07, 6.45) is 0. The largest absolute Gasteiger partial charge is 0.465 e. The van der Waals surface area contributed by atoms with Crippen molar-refractivity contribution in [3.63, 3.8) is 0 Å². The Kier molecular flexibility index (Phi) is 5.92. The standard InChI is InChI=1S/C9H17N5O2S/c1-4-10-7(8(15)16-5-2)6-17-9-11-12-13-14(9)3/h7,10H,4-6H2,1-3H3. The summed E-state index contributed by atoms with van der Waals surface area (Å²) < 4.78 is 6.55. The van der Waals surface area contributed by atoms with Crippen molar-refractivity contribution in [3.8, 4) is 0 Å². The Morgan fingerprint density at radius 3 is 2.88 bits per heavy atom. The Labute approximate surface area is 104 Å². The zero-order valence-corrected chi connectivity index (χ0v) is 11.0. The summed E-state index contributed by atoms with van der Waals surface area (Å²) in [5.74, 6) is 0.304. The topological polar surface area (TPSA) is 81.9 Å². The van der Waals surface area contributed by atoms with Gasteiger partial charge in [0, 0.05) is 12.8 Å². The quantitative estimate of drug-likeness (QED) is 0.538. The van der Waals surface area contributed by atoms with E-state index in [2.05, 4.69) is 20.8 Å². The summed E-state index contributed by atoms with van der Waals surface area (Å²) >= 11 is 1.42. The van der Waals surface area contributed by atoms with E-state index >= 15 is 0 Å².